The van der Waals surface area contributed by atoms with Crippen LogP contribution >= 0.6 is 0 Å². The van der Waals surface area contributed by atoms with E-state index in [4.69, 9.17) is 9.47 Å². The van der Waals surface area contributed by atoms with Gasteiger partial charge in [0.1, 0.15) is 12.4 Å². The summed E-state index contributed by atoms with van der Waals surface area (Å²) in [7, 11) is -3.80. The third kappa shape index (κ3) is 9.21. The first-order valence-corrected chi connectivity index (χ1v) is 15.1. The molecule has 13 heteroatoms. The number of hydrogen-bond donors (Lipinski definition) is 2. The Kier molecular flexibility index (Phi) is 11.4. The number of nitrogens with one attached hydrogen (secondary N) is 2. The van der Waals surface area contributed by atoms with Crippen LogP contribution in [0.1, 0.15) is 56.8 Å². The second kappa shape index (κ2) is 14.5. The van der Waals surface area contributed by atoms with Crippen LogP contribution in [0.2, 0.25) is 0 Å². The van der Waals surface area contributed by atoms with E-state index in [1.165, 1.54) is 41.6 Å². The number of benzene rings is 2. The minimum absolute atomic E-state index is 0.00567. The van der Waals surface area contributed by atoms with Gasteiger partial charge in [-0.05, 0) is 62.1 Å². The maximum atomic E-state index is 13.7. The Labute approximate surface area is 244 Å². The molecule has 0 aromatic heterocycles. The highest BCUT2D eigenvalue weighted by atomic mass is 32.2. The zero-order valence-electron chi connectivity index (χ0n) is 24.0. The highest BCUT2D eigenvalue weighted by Gasteiger charge is 2.33. The van der Waals surface area contributed by atoms with Crippen molar-refractivity contribution in [1.29, 1.82) is 0 Å². The molecule has 0 aliphatic carbocycles. The number of rotatable bonds is 13. The van der Waals surface area contributed by atoms with Crippen LogP contribution in [-0.4, -0.2) is 69.4 Å². The van der Waals surface area contributed by atoms with E-state index in [0.29, 0.717) is 25.7 Å². The van der Waals surface area contributed by atoms with Crippen molar-refractivity contribution in [2.45, 2.75) is 57.4 Å². The van der Waals surface area contributed by atoms with E-state index in [2.05, 4.69) is 10.6 Å². The summed E-state index contributed by atoms with van der Waals surface area (Å²) in [6.45, 7) is 5.72. The topological polar surface area (TPSA) is 131 Å². The average molecular weight is 610 g/mol. The Balaban J connectivity index is 1.43. The van der Waals surface area contributed by atoms with Crippen molar-refractivity contribution in [3.63, 3.8) is 0 Å². The van der Waals surface area contributed by atoms with Gasteiger partial charge >= 0.3 is 5.97 Å². The fourth-order valence-corrected chi connectivity index (χ4v) is 5.86. The minimum Gasteiger partial charge on any atom is -0.491 e. The van der Waals surface area contributed by atoms with Crippen LogP contribution in [0.3, 0.4) is 0 Å². The number of carbonyl (C=O) groups is 3. The number of carbonyl (C=O) groups excluding carboxylic acids is 3. The monoisotopic (exact) mass is 609 g/mol. The summed E-state index contributed by atoms with van der Waals surface area (Å²) in [4.78, 5) is 36.0. The molecule has 0 spiro atoms. The second-order valence-corrected chi connectivity index (χ2v) is 12.6. The van der Waals surface area contributed by atoms with Crippen molar-refractivity contribution < 1.29 is 41.1 Å². The van der Waals surface area contributed by atoms with Gasteiger partial charge in [-0.1, -0.05) is 13.8 Å². The maximum absolute atomic E-state index is 13.7. The zero-order chi connectivity index (χ0) is 30.9. The molecule has 42 heavy (non-hydrogen) atoms. The van der Waals surface area contributed by atoms with Gasteiger partial charge in [0.05, 0.1) is 23.6 Å². The largest absolute Gasteiger partial charge is 0.491 e. The molecule has 0 atom stereocenters. The number of nitrogens with zero attached hydrogens (tertiary/aromatic N) is 1. The molecule has 230 valence electrons. The van der Waals surface area contributed by atoms with E-state index >= 15 is 0 Å². The van der Waals surface area contributed by atoms with Crippen LogP contribution in [0.4, 0.5) is 8.78 Å². The first kappa shape index (κ1) is 32.9. The molecule has 0 unspecified atom stereocenters. The van der Waals surface area contributed by atoms with Crippen LogP contribution < -0.4 is 15.4 Å². The fourth-order valence-electron chi connectivity index (χ4n) is 4.39. The maximum Gasteiger partial charge on any atom is 0.338 e. The van der Waals surface area contributed by atoms with Gasteiger partial charge in [-0.2, -0.15) is 4.31 Å². The second-order valence-electron chi connectivity index (χ2n) is 10.7. The van der Waals surface area contributed by atoms with Crippen LogP contribution in [0.25, 0.3) is 0 Å². The molecule has 1 aliphatic heterocycles. The number of sulfonamides is 1. The third-order valence-electron chi connectivity index (χ3n) is 6.94. The number of esters is 1. The van der Waals surface area contributed by atoms with E-state index in [9.17, 15) is 31.6 Å². The molecule has 1 fully saturated rings. The molecule has 2 aromatic carbocycles. The van der Waals surface area contributed by atoms with Gasteiger partial charge in [0.2, 0.25) is 21.8 Å². The average Bonchev–Trinajstić information content (AvgIpc) is 2.94. The summed E-state index contributed by atoms with van der Waals surface area (Å²) in [6, 6.07) is 8.35. The lowest BCUT2D eigenvalue weighted by Crippen LogP contribution is -2.49. The Morgan fingerprint density at radius 1 is 1.02 bits per heavy atom. The summed E-state index contributed by atoms with van der Waals surface area (Å²) < 4.78 is 64.8. The molecule has 1 saturated heterocycles. The summed E-state index contributed by atoms with van der Waals surface area (Å²) in [5, 5.41) is 5.52. The smallest absolute Gasteiger partial charge is 0.338 e. The lowest BCUT2D eigenvalue weighted by atomic mass is 9.86. The molecular formula is C29H37F2N3O7S. The lowest BCUT2D eigenvalue weighted by Gasteiger charge is -2.33. The highest BCUT2D eigenvalue weighted by molar-refractivity contribution is 7.89. The molecule has 2 amide bonds. The van der Waals surface area contributed by atoms with Crippen LogP contribution in [0.5, 0.6) is 5.75 Å². The van der Waals surface area contributed by atoms with Crippen molar-refractivity contribution in [3.05, 3.63) is 59.7 Å². The summed E-state index contributed by atoms with van der Waals surface area (Å²) in [5.41, 5.74) is -0.546. The van der Waals surface area contributed by atoms with Gasteiger partial charge < -0.3 is 20.1 Å². The van der Waals surface area contributed by atoms with Crippen LogP contribution in [-0.2, 0) is 24.3 Å². The molecule has 1 heterocycles. The SMILES string of the molecule is CC(=O)NCCOC(=O)c1ccc(S(=O)(=O)N2CCC(NC(=O)C(C)(C)CCCOc3ccc(F)cc3F)CC2)cc1. The van der Waals surface area contributed by atoms with Crippen molar-refractivity contribution in [2.75, 3.05) is 32.8 Å². The van der Waals surface area contributed by atoms with E-state index in [0.717, 1.165) is 12.1 Å². The molecule has 0 radical (unpaired) electrons. The minimum atomic E-state index is -3.80. The number of ether oxygens (including phenoxy) is 2. The van der Waals surface area contributed by atoms with E-state index in [1.54, 1.807) is 13.8 Å². The quantitative estimate of drug-likeness (QED) is 0.263. The molecule has 3 rings (SSSR count). The Hall–Kier alpha value is -3.58. The Morgan fingerprint density at radius 2 is 1.69 bits per heavy atom. The molecule has 0 saturated carbocycles. The van der Waals surface area contributed by atoms with Crippen molar-refractivity contribution in [2.24, 2.45) is 5.41 Å². The van der Waals surface area contributed by atoms with Gasteiger partial charge in [0.25, 0.3) is 0 Å². The molecular weight excluding hydrogens is 572 g/mol. The van der Waals surface area contributed by atoms with Crippen molar-refractivity contribution in [3.8, 4) is 5.75 Å². The Bertz CT molecular complexity index is 1360. The van der Waals surface area contributed by atoms with Gasteiger partial charge in [0, 0.05) is 37.5 Å². The van der Waals surface area contributed by atoms with Crippen molar-refractivity contribution in [1.82, 2.24) is 14.9 Å². The normalized spacial score (nSPS) is 14.7. The standard InChI is InChI=1S/C29H37F2N3O7S/c1-20(35)32-14-18-41-27(36)21-5-8-24(9-6-21)42(38,39)34-15-11-23(12-16-34)33-28(37)29(2,3)13-4-17-40-26-10-7-22(30)19-25(26)31/h5-10,19,23H,4,11-18H2,1-3H3,(H,32,35)(H,33,37). The number of piperidine rings is 1. The van der Waals surface area contributed by atoms with Gasteiger partial charge in [-0.3, -0.25) is 9.59 Å². The number of hydrogen-bond acceptors (Lipinski definition) is 7. The molecule has 2 N–H and O–H groups in total. The predicted molar refractivity (Wildman–Crippen MR) is 150 cm³/mol. The molecule has 0 bridgehead atoms. The van der Waals surface area contributed by atoms with E-state index in [1.807, 2.05) is 0 Å². The predicted octanol–water partition coefficient (Wildman–Crippen LogP) is 3.41. The zero-order valence-corrected chi connectivity index (χ0v) is 24.8. The van der Waals surface area contributed by atoms with Gasteiger partial charge in [-0.25, -0.2) is 22.0 Å². The number of halogens is 2. The van der Waals surface area contributed by atoms with Crippen LogP contribution in [0.15, 0.2) is 47.4 Å². The number of amides is 2. The highest BCUT2D eigenvalue weighted by Crippen LogP contribution is 2.26. The molecule has 10 nitrogen and oxygen atoms in total. The van der Waals surface area contributed by atoms with Crippen LogP contribution in [0, 0.1) is 17.0 Å². The van der Waals surface area contributed by atoms with Crippen molar-refractivity contribution >= 4 is 27.8 Å². The Morgan fingerprint density at radius 3 is 2.31 bits per heavy atom. The molecule has 1 aliphatic rings. The van der Waals surface area contributed by atoms with E-state index in [-0.39, 0.29) is 66.9 Å². The van der Waals surface area contributed by atoms with E-state index < -0.39 is 33.0 Å². The first-order valence-electron chi connectivity index (χ1n) is 13.7. The fraction of sp³-hybridized carbons (Fsp3) is 0.483. The molecule has 2 aromatic rings. The van der Waals surface area contributed by atoms with Gasteiger partial charge in [-0.15, -0.1) is 0 Å². The third-order valence-corrected chi connectivity index (χ3v) is 8.85. The summed E-state index contributed by atoms with van der Waals surface area (Å²) in [5.74, 6) is -2.55. The first-order chi connectivity index (χ1) is 19.8. The van der Waals surface area contributed by atoms with Gasteiger partial charge in [0.15, 0.2) is 11.6 Å². The summed E-state index contributed by atoms with van der Waals surface area (Å²) in [6.07, 6.45) is 1.81. The summed E-state index contributed by atoms with van der Waals surface area (Å²) >= 11 is 0. The lowest BCUT2D eigenvalue weighted by molar-refractivity contribution is -0.130.